The molecule has 0 aromatic heterocycles. The van der Waals surface area contributed by atoms with E-state index in [-0.39, 0.29) is 17.7 Å². The Balaban J connectivity index is 1.71. The van der Waals surface area contributed by atoms with Gasteiger partial charge in [-0.1, -0.05) is 48.5 Å². The Labute approximate surface area is 147 Å². The molecule has 2 aromatic carbocycles. The predicted octanol–water partition coefficient (Wildman–Crippen LogP) is 2.56. The molecule has 0 unspecified atom stereocenters. The van der Waals surface area contributed by atoms with Gasteiger partial charge in [-0.05, 0) is 37.1 Å². The standard InChI is InChI=1S/C20H23N3O2/c21-19(24)18(15-8-3-1-4-9-15)23-13-7-10-16(14-23)20(25)22-17-11-5-2-6-12-17/h1-6,8-9,11-12,16,18H,7,10,13-14H2,(H2,21,24)(H,22,25)/t16-,18+/m0/s1. The normalized spacial score (nSPS) is 19.1. The Morgan fingerprint density at radius 3 is 2.32 bits per heavy atom. The minimum atomic E-state index is -0.492. The molecule has 0 bridgehead atoms. The Hall–Kier alpha value is -2.66. The largest absolute Gasteiger partial charge is 0.368 e. The summed E-state index contributed by atoms with van der Waals surface area (Å²) >= 11 is 0. The quantitative estimate of drug-likeness (QED) is 0.880. The van der Waals surface area contributed by atoms with Crippen molar-refractivity contribution in [1.82, 2.24) is 4.90 Å². The van der Waals surface area contributed by atoms with Gasteiger partial charge in [-0.25, -0.2) is 0 Å². The Bertz CT molecular complexity index is 718. The molecule has 0 radical (unpaired) electrons. The summed E-state index contributed by atoms with van der Waals surface area (Å²) in [5, 5.41) is 2.96. The second kappa shape index (κ2) is 7.94. The van der Waals surface area contributed by atoms with Crippen LogP contribution in [-0.2, 0) is 9.59 Å². The first-order chi connectivity index (χ1) is 12.1. The third-order valence-corrected chi connectivity index (χ3v) is 4.61. The number of hydrogen-bond donors (Lipinski definition) is 2. The highest BCUT2D eigenvalue weighted by atomic mass is 16.2. The molecule has 1 aliphatic rings. The fourth-order valence-corrected chi connectivity index (χ4v) is 3.41. The van der Waals surface area contributed by atoms with E-state index < -0.39 is 6.04 Å². The van der Waals surface area contributed by atoms with Gasteiger partial charge in [-0.15, -0.1) is 0 Å². The summed E-state index contributed by atoms with van der Waals surface area (Å²) in [6.45, 7) is 1.29. The number of benzene rings is 2. The highest BCUT2D eigenvalue weighted by molar-refractivity contribution is 5.92. The van der Waals surface area contributed by atoms with Gasteiger partial charge in [0, 0.05) is 12.2 Å². The topological polar surface area (TPSA) is 75.4 Å². The van der Waals surface area contributed by atoms with Crippen LogP contribution in [0.5, 0.6) is 0 Å². The van der Waals surface area contributed by atoms with Crippen LogP contribution in [0.1, 0.15) is 24.4 Å². The molecule has 3 N–H and O–H groups in total. The van der Waals surface area contributed by atoms with E-state index in [1.54, 1.807) is 0 Å². The van der Waals surface area contributed by atoms with Crippen LogP contribution in [0.25, 0.3) is 0 Å². The first kappa shape index (κ1) is 17.2. The summed E-state index contributed by atoms with van der Waals surface area (Å²) in [5.41, 5.74) is 7.33. The van der Waals surface area contributed by atoms with E-state index in [0.717, 1.165) is 30.6 Å². The number of carbonyl (C=O) groups excluding carboxylic acids is 2. The molecular formula is C20H23N3O2. The van der Waals surface area contributed by atoms with Gasteiger partial charge >= 0.3 is 0 Å². The number of nitrogens with one attached hydrogen (secondary N) is 1. The van der Waals surface area contributed by atoms with Crippen LogP contribution in [0.2, 0.25) is 0 Å². The van der Waals surface area contributed by atoms with Crippen LogP contribution in [0.3, 0.4) is 0 Å². The van der Waals surface area contributed by atoms with E-state index in [9.17, 15) is 9.59 Å². The third-order valence-electron chi connectivity index (χ3n) is 4.61. The molecule has 5 heteroatoms. The van der Waals surface area contributed by atoms with Crippen LogP contribution >= 0.6 is 0 Å². The van der Waals surface area contributed by atoms with Crippen LogP contribution in [0, 0.1) is 5.92 Å². The molecule has 1 fully saturated rings. The smallest absolute Gasteiger partial charge is 0.239 e. The van der Waals surface area contributed by atoms with E-state index in [1.165, 1.54) is 0 Å². The summed E-state index contributed by atoms with van der Waals surface area (Å²) in [7, 11) is 0. The van der Waals surface area contributed by atoms with Crippen LogP contribution < -0.4 is 11.1 Å². The van der Waals surface area contributed by atoms with Gasteiger partial charge in [0.2, 0.25) is 11.8 Å². The van der Waals surface area contributed by atoms with Gasteiger partial charge in [0.15, 0.2) is 0 Å². The molecule has 1 heterocycles. The SMILES string of the molecule is NC(=O)[C@@H](c1ccccc1)N1CCC[C@H](C(=O)Nc2ccccc2)C1. The molecule has 1 saturated heterocycles. The number of nitrogens with zero attached hydrogens (tertiary/aromatic N) is 1. The summed E-state index contributed by atoms with van der Waals surface area (Å²) in [5.74, 6) is -0.540. The zero-order chi connectivity index (χ0) is 17.6. The minimum Gasteiger partial charge on any atom is -0.368 e. The maximum Gasteiger partial charge on any atom is 0.239 e. The molecule has 25 heavy (non-hydrogen) atoms. The van der Waals surface area contributed by atoms with Crippen molar-refractivity contribution in [2.45, 2.75) is 18.9 Å². The van der Waals surface area contributed by atoms with Crippen molar-refractivity contribution in [3.8, 4) is 0 Å². The maximum absolute atomic E-state index is 12.6. The van der Waals surface area contributed by atoms with Gasteiger partial charge in [-0.3, -0.25) is 14.5 Å². The number of rotatable bonds is 5. The van der Waals surface area contributed by atoms with Crippen molar-refractivity contribution in [3.63, 3.8) is 0 Å². The van der Waals surface area contributed by atoms with E-state index >= 15 is 0 Å². The third kappa shape index (κ3) is 4.25. The van der Waals surface area contributed by atoms with Crippen molar-refractivity contribution < 1.29 is 9.59 Å². The lowest BCUT2D eigenvalue weighted by Crippen LogP contribution is -2.46. The first-order valence-corrected chi connectivity index (χ1v) is 8.59. The lowest BCUT2D eigenvalue weighted by atomic mass is 9.93. The number of nitrogens with two attached hydrogens (primary N) is 1. The van der Waals surface area contributed by atoms with Crippen LogP contribution in [-0.4, -0.2) is 29.8 Å². The zero-order valence-electron chi connectivity index (χ0n) is 14.1. The molecule has 2 amide bonds. The number of para-hydroxylation sites is 1. The lowest BCUT2D eigenvalue weighted by molar-refractivity contribution is -0.127. The van der Waals surface area contributed by atoms with Gasteiger partial charge in [-0.2, -0.15) is 0 Å². The molecule has 130 valence electrons. The monoisotopic (exact) mass is 337 g/mol. The van der Waals surface area contributed by atoms with Crippen molar-refractivity contribution >= 4 is 17.5 Å². The van der Waals surface area contributed by atoms with Gasteiger partial charge < -0.3 is 11.1 Å². The van der Waals surface area contributed by atoms with E-state index in [1.807, 2.05) is 65.6 Å². The highest BCUT2D eigenvalue weighted by Gasteiger charge is 2.33. The fourth-order valence-electron chi connectivity index (χ4n) is 3.41. The molecule has 2 atom stereocenters. The van der Waals surface area contributed by atoms with E-state index in [4.69, 9.17) is 5.73 Å². The molecule has 1 aliphatic heterocycles. The Morgan fingerprint density at radius 2 is 1.68 bits per heavy atom. The number of amides is 2. The summed E-state index contributed by atoms with van der Waals surface area (Å²) in [6, 6.07) is 18.5. The lowest BCUT2D eigenvalue weighted by Gasteiger charge is -2.36. The van der Waals surface area contributed by atoms with E-state index in [0.29, 0.717) is 6.54 Å². The van der Waals surface area contributed by atoms with Gasteiger partial charge in [0.25, 0.3) is 0 Å². The van der Waals surface area contributed by atoms with E-state index in [2.05, 4.69) is 5.32 Å². The number of primary amides is 1. The molecule has 2 aromatic rings. The van der Waals surface area contributed by atoms with Crippen molar-refractivity contribution in [2.24, 2.45) is 11.7 Å². The number of anilines is 1. The summed E-state index contributed by atoms with van der Waals surface area (Å²) in [4.78, 5) is 26.7. The predicted molar refractivity (Wildman–Crippen MR) is 97.7 cm³/mol. The molecule has 0 aliphatic carbocycles. The Morgan fingerprint density at radius 1 is 1.04 bits per heavy atom. The number of carbonyl (C=O) groups is 2. The molecule has 3 rings (SSSR count). The second-order valence-corrected chi connectivity index (χ2v) is 6.40. The maximum atomic E-state index is 12.6. The average molecular weight is 337 g/mol. The number of hydrogen-bond acceptors (Lipinski definition) is 3. The number of piperidine rings is 1. The Kier molecular flexibility index (Phi) is 5.46. The zero-order valence-corrected chi connectivity index (χ0v) is 14.1. The van der Waals surface area contributed by atoms with Gasteiger partial charge in [0.1, 0.15) is 6.04 Å². The van der Waals surface area contributed by atoms with Crippen molar-refractivity contribution in [2.75, 3.05) is 18.4 Å². The number of likely N-dealkylation sites (tertiary alicyclic amines) is 1. The van der Waals surface area contributed by atoms with Crippen molar-refractivity contribution in [1.29, 1.82) is 0 Å². The fraction of sp³-hybridized carbons (Fsp3) is 0.300. The highest BCUT2D eigenvalue weighted by Crippen LogP contribution is 2.27. The average Bonchev–Trinajstić information content (AvgIpc) is 2.63. The van der Waals surface area contributed by atoms with Crippen LogP contribution in [0.4, 0.5) is 5.69 Å². The summed E-state index contributed by atoms with van der Waals surface area (Å²) in [6.07, 6.45) is 1.68. The van der Waals surface area contributed by atoms with Crippen LogP contribution in [0.15, 0.2) is 60.7 Å². The molecule has 5 nitrogen and oxygen atoms in total. The molecule has 0 saturated carbocycles. The summed E-state index contributed by atoms with van der Waals surface area (Å²) < 4.78 is 0. The first-order valence-electron chi connectivity index (χ1n) is 8.59. The molecular weight excluding hydrogens is 314 g/mol. The molecule has 0 spiro atoms. The van der Waals surface area contributed by atoms with Gasteiger partial charge in [0.05, 0.1) is 5.92 Å². The van der Waals surface area contributed by atoms with Crippen molar-refractivity contribution in [3.05, 3.63) is 66.2 Å². The minimum absolute atomic E-state index is 0.00724. The second-order valence-electron chi connectivity index (χ2n) is 6.40.